The van der Waals surface area contributed by atoms with Crippen molar-refractivity contribution in [1.29, 1.82) is 0 Å². The molecule has 11 heteroatoms. The van der Waals surface area contributed by atoms with E-state index in [9.17, 15) is 19.5 Å². The molecule has 0 radical (unpaired) electrons. The maximum atomic E-state index is 12.4. The number of carbonyl (C=O) groups is 3. The summed E-state index contributed by atoms with van der Waals surface area (Å²) < 4.78 is 35.5. The number of carboxylic acids is 2. The number of carboxylic acid groups (broad SMARTS) is 2. The van der Waals surface area contributed by atoms with Gasteiger partial charge in [0.2, 0.25) is 0 Å². The Labute approximate surface area is 281 Å². The summed E-state index contributed by atoms with van der Waals surface area (Å²) >= 11 is 0. The number of carbonyl (C=O) groups excluding carboxylic acids is 1. The van der Waals surface area contributed by atoms with Crippen LogP contribution in [0.4, 0.5) is 0 Å². The van der Waals surface area contributed by atoms with Gasteiger partial charge in [0.05, 0.1) is 56.3 Å². The Bertz CT molecular complexity index is 941. The van der Waals surface area contributed by atoms with Gasteiger partial charge in [-0.15, -0.1) is 0 Å². The Hall–Kier alpha value is -2.57. The van der Waals surface area contributed by atoms with E-state index >= 15 is 0 Å². The molecule has 0 heterocycles. The lowest BCUT2D eigenvalue weighted by atomic mass is 10.0. The fourth-order valence-corrected chi connectivity index (χ4v) is 4.77. The van der Waals surface area contributed by atoms with Crippen LogP contribution in [0.1, 0.15) is 148 Å². The molecule has 0 saturated heterocycles. The molecule has 0 atom stereocenters. The van der Waals surface area contributed by atoms with Crippen LogP contribution in [-0.2, 0) is 28.4 Å². The number of ether oxygens (including phenoxy) is 6. The minimum absolute atomic E-state index is 0.0621. The molecule has 47 heavy (non-hydrogen) atoms. The van der Waals surface area contributed by atoms with E-state index in [-0.39, 0.29) is 44.2 Å². The molecule has 0 aromatic heterocycles. The first-order chi connectivity index (χ1) is 22.8. The summed E-state index contributed by atoms with van der Waals surface area (Å²) in [6.45, 7) is 8.61. The second kappa shape index (κ2) is 27.4. The van der Waals surface area contributed by atoms with Crippen LogP contribution in [0.3, 0.4) is 0 Å². The van der Waals surface area contributed by atoms with Gasteiger partial charge >= 0.3 is 23.9 Å². The van der Waals surface area contributed by atoms with E-state index in [1.165, 1.54) is 57.8 Å². The van der Waals surface area contributed by atoms with Crippen LogP contribution in [0.5, 0.6) is 0 Å². The van der Waals surface area contributed by atoms with Gasteiger partial charge in [-0.1, -0.05) is 97.8 Å². The molecule has 0 saturated carbocycles. The maximum absolute atomic E-state index is 12.4. The summed E-state index contributed by atoms with van der Waals surface area (Å²) in [4.78, 5) is 35.1. The van der Waals surface area contributed by atoms with Gasteiger partial charge in [0.15, 0.2) is 0 Å². The molecule has 0 aliphatic heterocycles. The van der Waals surface area contributed by atoms with Crippen molar-refractivity contribution >= 4 is 17.9 Å². The number of benzene rings is 1. The largest absolute Gasteiger partial charge is 0.478 e. The number of hydrogen-bond acceptors (Lipinski definition) is 9. The average Bonchev–Trinajstić information content (AvgIpc) is 3.06. The van der Waals surface area contributed by atoms with E-state index in [0.717, 1.165) is 56.7 Å². The van der Waals surface area contributed by atoms with E-state index in [1.54, 1.807) is 0 Å². The minimum atomic E-state index is -1.43. The van der Waals surface area contributed by atoms with Gasteiger partial charge in [0, 0.05) is 0 Å². The van der Waals surface area contributed by atoms with Gasteiger partial charge in [0.1, 0.15) is 13.2 Å². The Balaban J connectivity index is 2.63. The maximum Gasteiger partial charge on any atom is 0.339 e. The first kappa shape index (κ1) is 42.5. The Morgan fingerprint density at radius 3 is 1.49 bits per heavy atom. The molecular formula is C36H60O11. The van der Waals surface area contributed by atoms with Crippen molar-refractivity contribution in [2.45, 2.75) is 123 Å². The van der Waals surface area contributed by atoms with Crippen LogP contribution in [0, 0.1) is 0 Å². The zero-order valence-corrected chi connectivity index (χ0v) is 29.1. The second-order valence-electron chi connectivity index (χ2n) is 11.6. The molecular weight excluding hydrogens is 608 g/mol. The lowest BCUT2D eigenvalue weighted by molar-refractivity contribution is -0.395. The van der Waals surface area contributed by atoms with E-state index in [1.807, 2.05) is 0 Å². The molecule has 0 aliphatic carbocycles. The smallest absolute Gasteiger partial charge is 0.339 e. The Morgan fingerprint density at radius 1 is 0.553 bits per heavy atom. The number of esters is 1. The monoisotopic (exact) mass is 668 g/mol. The van der Waals surface area contributed by atoms with Crippen LogP contribution in [0.2, 0.25) is 0 Å². The van der Waals surface area contributed by atoms with Crippen molar-refractivity contribution < 1.29 is 53.0 Å². The molecule has 1 aromatic rings. The molecule has 1 aromatic carbocycles. The standard InChI is InChI=1S/C36H60O11/c1-4-7-10-13-16-21-45-36(46-22-17-14-11-8-5-2,47-23-18-15-12-9-6-3)29-43-25-24-42-26-27-44-35(41)31-20-19-30(33(37)38)28-32(31)34(39)40/h19-20,28H,4-18,21-27,29H2,1-3H3,(H,37,38)(H,39,40). The van der Waals surface area contributed by atoms with Gasteiger partial charge in [0.25, 0.3) is 0 Å². The van der Waals surface area contributed by atoms with E-state index in [4.69, 9.17) is 33.5 Å². The van der Waals surface area contributed by atoms with Gasteiger partial charge in [-0.2, -0.15) is 0 Å². The minimum Gasteiger partial charge on any atom is -0.478 e. The second-order valence-corrected chi connectivity index (χ2v) is 11.6. The van der Waals surface area contributed by atoms with Gasteiger partial charge in [-0.25, -0.2) is 14.4 Å². The molecule has 1 rings (SSSR count). The third-order valence-corrected chi connectivity index (χ3v) is 7.54. The molecule has 0 fully saturated rings. The van der Waals surface area contributed by atoms with Crippen molar-refractivity contribution in [2.75, 3.05) is 52.9 Å². The molecule has 11 nitrogen and oxygen atoms in total. The van der Waals surface area contributed by atoms with Crippen molar-refractivity contribution in [1.82, 2.24) is 0 Å². The van der Waals surface area contributed by atoms with Crippen molar-refractivity contribution in [2.24, 2.45) is 0 Å². The molecule has 270 valence electrons. The summed E-state index contributed by atoms with van der Waals surface area (Å²) in [6, 6.07) is 3.21. The van der Waals surface area contributed by atoms with Crippen molar-refractivity contribution in [3.05, 3.63) is 34.9 Å². The zero-order valence-electron chi connectivity index (χ0n) is 29.1. The average molecular weight is 669 g/mol. The highest BCUT2D eigenvalue weighted by Gasteiger charge is 2.34. The van der Waals surface area contributed by atoms with E-state index < -0.39 is 29.4 Å². The first-order valence-electron chi connectivity index (χ1n) is 17.6. The zero-order chi connectivity index (χ0) is 34.6. The van der Waals surface area contributed by atoms with Gasteiger partial charge < -0.3 is 38.6 Å². The summed E-state index contributed by atoms with van der Waals surface area (Å²) in [6.07, 6.45) is 16.7. The van der Waals surface area contributed by atoms with Crippen molar-refractivity contribution in [3.63, 3.8) is 0 Å². The third-order valence-electron chi connectivity index (χ3n) is 7.54. The summed E-state index contributed by atoms with van der Waals surface area (Å²) in [5.74, 6) is -4.88. The predicted molar refractivity (Wildman–Crippen MR) is 179 cm³/mol. The molecule has 0 amide bonds. The molecule has 0 spiro atoms. The number of unbranched alkanes of at least 4 members (excludes halogenated alkanes) is 12. The van der Waals surface area contributed by atoms with E-state index in [2.05, 4.69) is 20.8 Å². The van der Waals surface area contributed by atoms with Gasteiger partial charge in [-0.05, 0) is 37.5 Å². The fraction of sp³-hybridized carbons (Fsp3) is 0.750. The summed E-state index contributed by atoms with van der Waals surface area (Å²) in [5, 5.41) is 18.5. The summed E-state index contributed by atoms with van der Waals surface area (Å²) in [7, 11) is 0. The van der Waals surface area contributed by atoms with Crippen LogP contribution < -0.4 is 0 Å². The number of aromatic carboxylic acids is 2. The normalized spacial score (nSPS) is 11.6. The lowest BCUT2D eigenvalue weighted by Gasteiger charge is -2.33. The predicted octanol–water partition coefficient (Wildman–Crippen LogP) is 7.89. The highest BCUT2D eigenvalue weighted by atomic mass is 16.9. The summed E-state index contributed by atoms with van der Waals surface area (Å²) in [5.41, 5.74) is -0.913. The number of hydrogen-bond donors (Lipinski definition) is 2. The fourth-order valence-electron chi connectivity index (χ4n) is 4.77. The van der Waals surface area contributed by atoms with Crippen LogP contribution in [0.15, 0.2) is 18.2 Å². The highest BCUT2D eigenvalue weighted by molar-refractivity contribution is 6.04. The Morgan fingerprint density at radius 2 is 1.02 bits per heavy atom. The SMILES string of the molecule is CCCCCCCOC(COCCOCCOC(=O)c1ccc(C(=O)O)cc1C(=O)O)(OCCCCCCC)OCCCCCCC. The third kappa shape index (κ3) is 19.8. The van der Waals surface area contributed by atoms with Crippen molar-refractivity contribution in [3.8, 4) is 0 Å². The first-order valence-corrected chi connectivity index (χ1v) is 17.6. The van der Waals surface area contributed by atoms with Crippen LogP contribution >= 0.6 is 0 Å². The molecule has 0 unspecified atom stereocenters. The lowest BCUT2D eigenvalue weighted by Crippen LogP contribution is -2.45. The van der Waals surface area contributed by atoms with Gasteiger partial charge in [-0.3, -0.25) is 0 Å². The highest BCUT2D eigenvalue weighted by Crippen LogP contribution is 2.21. The molecule has 0 bridgehead atoms. The molecule has 2 N–H and O–H groups in total. The Kier molecular flexibility index (Phi) is 24.7. The van der Waals surface area contributed by atoms with E-state index in [0.29, 0.717) is 19.8 Å². The number of rotatable bonds is 32. The van der Waals surface area contributed by atoms with Crippen LogP contribution in [0.25, 0.3) is 0 Å². The quantitative estimate of drug-likeness (QED) is 0.0439. The topological polar surface area (TPSA) is 147 Å². The molecule has 0 aliphatic rings. The van der Waals surface area contributed by atoms with Crippen LogP contribution in [-0.4, -0.2) is 86.9 Å².